The van der Waals surface area contributed by atoms with Crippen LogP contribution in [0.15, 0.2) is 15.9 Å². The molecule has 0 aliphatic rings. The van der Waals surface area contributed by atoms with Crippen LogP contribution in [0.25, 0.3) is 18.8 Å². The van der Waals surface area contributed by atoms with Gasteiger partial charge in [-0.15, -0.1) is 34.0 Å². The molecule has 0 spiro atoms. The molecule has 0 aliphatic carbocycles. The number of carbonyl (C=O) groups is 1. The van der Waals surface area contributed by atoms with E-state index in [1.807, 2.05) is 0 Å². The third-order valence-electron chi connectivity index (χ3n) is 2.00. The molecular weight excluding hydrogens is 316 g/mol. The van der Waals surface area contributed by atoms with Crippen molar-refractivity contribution >= 4 is 74.7 Å². The van der Waals surface area contributed by atoms with Crippen molar-refractivity contribution in [3.63, 3.8) is 0 Å². The molecule has 0 bridgehead atoms. The van der Waals surface area contributed by atoms with Crippen LogP contribution in [0, 0.1) is 0 Å². The molecule has 1 N–H and O–H groups in total. The van der Waals surface area contributed by atoms with Gasteiger partial charge in [0, 0.05) is 9.40 Å². The van der Waals surface area contributed by atoms with Gasteiger partial charge in [0.1, 0.15) is 4.88 Å². The van der Waals surface area contributed by atoms with Gasteiger partial charge in [-0.1, -0.05) is 0 Å². The first-order valence-corrected chi connectivity index (χ1v) is 7.24. The minimum Gasteiger partial charge on any atom is -0.477 e. The monoisotopic (exact) mass is 318 g/mol. The average Bonchev–Trinajstić information content (AvgIpc) is 2.73. The Kier molecular flexibility index (Phi) is 2.14. The fourth-order valence-electron chi connectivity index (χ4n) is 1.41. The van der Waals surface area contributed by atoms with Crippen LogP contribution < -0.4 is 0 Å². The Labute approximate surface area is 105 Å². The smallest absolute Gasteiger partial charge is 0.345 e. The molecule has 0 aromatic carbocycles. The van der Waals surface area contributed by atoms with Crippen molar-refractivity contribution in [3.8, 4) is 0 Å². The second-order valence-corrected chi connectivity index (χ2v) is 7.52. The summed E-state index contributed by atoms with van der Waals surface area (Å²) in [6, 6.07) is 3.84. The molecule has 0 atom stereocenters. The average molecular weight is 319 g/mol. The second kappa shape index (κ2) is 3.28. The lowest BCUT2D eigenvalue weighted by Gasteiger charge is -1.81. The molecule has 76 valence electrons. The van der Waals surface area contributed by atoms with Gasteiger partial charge in [0.2, 0.25) is 0 Å². The highest BCUT2D eigenvalue weighted by atomic mass is 79.9. The lowest BCUT2D eigenvalue weighted by atomic mass is 10.4. The molecule has 3 aromatic heterocycles. The van der Waals surface area contributed by atoms with Gasteiger partial charge in [-0.3, -0.25) is 0 Å². The Balaban J connectivity index is 2.39. The number of aromatic carboxylic acids is 1. The Bertz CT molecular complexity index is 676. The quantitative estimate of drug-likeness (QED) is 0.709. The molecule has 6 heteroatoms. The van der Waals surface area contributed by atoms with E-state index in [2.05, 4.69) is 22.0 Å². The third-order valence-corrected chi connectivity index (χ3v) is 6.27. The number of hydrogen-bond donors (Lipinski definition) is 1. The van der Waals surface area contributed by atoms with Gasteiger partial charge in [0.25, 0.3) is 0 Å². The van der Waals surface area contributed by atoms with E-state index >= 15 is 0 Å². The summed E-state index contributed by atoms with van der Waals surface area (Å²) in [5, 5.41) is 8.89. The number of thiophene rings is 3. The van der Waals surface area contributed by atoms with Gasteiger partial charge < -0.3 is 5.11 Å². The van der Waals surface area contributed by atoms with E-state index in [0.717, 1.165) is 13.2 Å². The zero-order valence-corrected chi connectivity index (χ0v) is 11.1. The minimum absolute atomic E-state index is 0.419. The lowest BCUT2D eigenvalue weighted by molar-refractivity contribution is 0.0702. The highest BCUT2D eigenvalue weighted by molar-refractivity contribution is 9.11. The summed E-state index contributed by atoms with van der Waals surface area (Å²) >= 11 is 8.10. The van der Waals surface area contributed by atoms with Gasteiger partial charge >= 0.3 is 5.97 Å². The van der Waals surface area contributed by atoms with E-state index in [-0.39, 0.29) is 0 Å². The van der Waals surface area contributed by atoms with E-state index in [0.29, 0.717) is 4.88 Å². The zero-order valence-electron chi connectivity index (χ0n) is 7.11. The van der Waals surface area contributed by atoms with Crippen LogP contribution in [-0.2, 0) is 0 Å². The van der Waals surface area contributed by atoms with Crippen LogP contribution >= 0.6 is 49.9 Å². The Morgan fingerprint density at radius 2 is 1.80 bits per heavy atom. The molecule has 2 nitrogen and oxygen atoms in total. The van der Waals surface area contributed by atoms with Crippen molar-refractivity contribution < 1.29 is 9.90 Å². The van der Waals surface area contributed by atoms with Crippen molar-refractivity contribution in [2.75, 3.05) is 0 Å². The number of carboxylic acids is 1. The van der Waals surface area contributed by atoms with E-state index in [1.54, 1.807) is 28.7 Å². The molecule has 0 aliphatic heterocycles. The maximum atomic E-state index is 10.8. The van der Waals surface area contributed by atoms with Gasteiger partial charge in [0.15, 0.2) is 0 Å². The summed E-state index contributed by atoms with van der Waals surface area (Å²) < 4.78 is 5.69. The van der Waals surface area contributed by atoms with Crippen LogP contribution in [0.1, 0.15) is 9.67 Å². The number of halogens is 1. The van der Waals surface area contributed by atoms with Crippen molar-refractivity contribution in [2.45, 2.75) is 0 Å². The molecule has 15 heavy (non-hydrogen) atoms. The maximum absolute atomic E-state index is 10.8. The fourth-order valence-corrected chi connectivity index (χ4v) is 5.87. The van der Waals surface area contributed by atoms with Crippen molar-refractivity contribution in [1.82, 2.24) is 0 Å². The lowest BCUT2D eigenvalue weighted by Crippen LogP contribution is -1.89. The summed E-state index contributed by atoms with van der Waals surface area (Å²) in [4.78, 5) is 11.2. The molecule has 0 radical (unpaired) electrons. The predicted molar refractivity (Wildman–Crippen MR) is 69.7 cm³/mol. The Morgan fingerprint density at radius 1 is 1.13 bits per heavy atom. The van der Waals surface area contributed by atoms with E-state index < -0.39 is 5.97 Å². The van der Waals surface area contributed by atoms with Crippen LogP contribution in [0.4, 0.5) is 0 Å². The molecule has 0 amide bonds. The van der Waals surface area contributed by atoms with Gasteiger partial charge in [-0.05, 0) is 28.1 Å². The fraction of sp³-hybridized carbons (Fsp3) is 0. The number of fused-ring (bicyclic) bond motifs is 3. The Hall–Kier alpha value is -0.430. The molecule has 0 unspecified atom stereocenters. The van der Waals surface area contributed by atoms with E-state index in [4.69, 9.17) is 5.11 Å². The minimum atomic E-state index is -0.841. The first kappa shape index (κ1) is 9.77. The van der Waals surface area contributed by atoms with Crippen LogP contribution in [-0.4, -0.2) is 11.1 Å². The number of carboxylic acid groups (broad SMARTS) is 1. The molecule has 0 saturated carbocycles. The van der Waals surface area contributed by atoms with Gasteiger partial charge in [0.05, 0.1) is 13.2 Å². The normalized spacial score (nSPS) is 11.5. The first-order valence-electron chi connectivity index (χ1n) is 4.00. The second-order valence-electron chi connectivity index (χ2n) is 2.96. The highest BCUT2D eigenvalue weighted by Crippen LogP contribution is 2.44. The third kappa shape index (κ3) is 1.44. The molecule has 0 fully saturated rings. The van der Waals surface area contributed by atoms with Crippen LogP contribution in [0.5, 0.6) is 0 Å². The predicted octanol–water partition coefficient (Wildman–Crippen LogP) is 4.64. The summed E-state index contributed by atoms with van der Waals surface area (Å²) in [5.41, 5.74) is 0. The first-order chi connectivity index (χ1) is 7.15. The van der Waals surface area contributed by atoms with Crippen LogP contribution in [0.2, 0.25) is 0 Å². The Morgan fingerprint density at radius 3 is 2.53 bits per heavy atom. The summed E-state index contributed by atoms with van der Waals surface area (Å²) in [6.45, 7) is 0. The van der Waals surface area contributed by atoms with Crippen molar-refractivity contribution in [3.05, 3.63) is 20.8 Å². The topological polar surface area (TPSA) is 37.3 Å². The van der Waals surface area contributed by atoms with Gasteiger partial charge in [-0.25, -0.2) is 4.79 Å². The zero-order chi connectivity index (χ0) is 10.6. The molecule has 3 aromatic rings. The van der Waals surface area contributed by atoms with Gasteiger partial charge in [-0.2, -0.15) is 0 Å². The van der Waals surface area contributed by atoms with Crippen LogP contribution in [0.3, 0.4) is 0 Å². The van der Waals surface area contributed by atoms with E-state index in [9.17, 15) is 4.79 Å². The maximum Gasteiger partial charge on any atom is 0.345 e. The standard InChI is InChI=1S/C9H3BrO2S3/c10-6-2-4-8(15-6)7-3(13-4)1-5(14-7)9(11)12/h1-2H,(H,11,12). The SMILES string of the molecule is O=C(O)c1cc2sc3cc(Br)sc3c2s1. The van der Waals surface area contributed by atoms with E-state index in [1.165, 1.54) is 20.7 Å². The largest absolute Gasteiger partial charge is 0.477 e. The number of rotatable bonds is 1. The van der Waals surface area contributed by atoms with Crippen molar-refractivity contribution in [2.24, 2.45) is 0 Å². The summed E-state index contributed by atoms with van der Waals surface area (Å²) in [6.07, 6.45) is 0. The molecular formula is C9H3BrO2S3. The van der Waals surface area contributed by atoms with Crippen molar-refractivity contribution in [1.29, 1.82) is 0 Å². The highest BCUT2D eigenvalue weighted by Gasteiger charge is 2.15. The molecule has 3 heterocycles. The summed E-state index contributed by atoms with van der Waals surface area (Å²) in [5.74, 6) is -0.841. The number of hydrogen-bond acceptors (Lipinski definition) is 4. The molecule has 0 saturated heterocycles. The molecule has 3 rings (SSSR count). The summed E-state index contributed by atoms with van der Waals surface area (Å²) in [7, 11) is 0.